The van der Waals surface area contributed by atoms with Crippen LogP contribution in [-0.2, 0) is 14.8 Å². The summed E-state index contributed by atoms with van der Waals surface area (Å²) in [4.78, 5) is 23.5. The molecule has 0 bridgehead atoms. The lowest BCUT2D eigenvalue weighted by atomic mass is 10.1. The van der Waals surface area contributed by atoms with Gasteiger partial charge in [-0.25, -0.2) is 13.2 Å². The van der Waals surface area contributed by atoms with E-state index in [1.807, 2.05) is 0 Å². The Morgan fingerprint density at radius 1 is 1.15 bits per heavy atom. The van der Waals surface area contributed by atoms with Crippen LogP contribution >= 0.6 is 11.6 Å². The number of aromatic carboxylic acids is 1. The normalized spacial score (nSPS) is 12.3. The average Bonchev–Trinajstić information content (AvgIpc) is 2.57. The van der Waals surface area contributed by atoms with Gasteiger partial charge < -0.3 is 10.4 Å². The summed E-state index contributed by atoms with van der Waals surface area (Å²) in [5.74, 6) is -1.65. The summed E-state index contributed by atoms with van der Waals surface area (Å²) in [6, 6.07) is 9.30. The Bertz CT molecular complexity index is 974. The SMILES string of the molecule is Cc1ccc(Cl)cc1N([C@H](C)C(=O)Nc1ccc(C(=O)O)cc1)S(C)(=O)=O. The molecular weight excluding hydrogens is 392 g/mol. The number of benzene rings is 2. The molecule has 9 heteroatoms. The molecule has 27 heavy (non-hydrogen) atoms. The van der Waals surface area contributed by atoms with Gasteiger partial charge in [0.05, 0.1) is 17.5 Å². The maximum absolute atomic E-state index is 12.6. The van der Waals surface area contributed by atoms with Crippen molar-refractivity contribution >= 4 is 44.9 Å². The minimum Gasteiger partial charge on any atom is -0.478 e. The number of hydrogen-bond donors (Lipinski definition) is 2. The number of nitrogens with zero attached hydrogens (tertiary/aromatic N) is 1. The van der Waals surface area contributed by atoms with Gasteiger partial charge in [-0.1, -0.05) is 17.7 Å². The predicted molar refractivity (Wildman–Crippen MR) is 105 cm³/mol. The van der Waals surface area contributed by atoms with Crippen molar-refractivity contribution in [3.8, 4) is 0 Å². The summed E-state index contributed by atoms with van der Waals surface area (Å²) in [7, 11) is -3.78. The fourth-order valence-electron chi connectivity index (χ4n) is 2.54. The number of rotatable bonds is 6. The molecule has 2 aromatic carbocycles. The van der Waals surface area contributed by atoms with E-state index in [1.165, 1.54) is 37.3 Å². The van der Waals surface area contributed by atoms with Crippen LogP contribution in [0.5, 0.6) is 0 Å². The average molecular weight is 411 g/mol. The number of hydrogen-bond acceptors (Lipinski definition) is 4. The number of nitrogens with one attached hydrogen (secondary N) is 1. The van der Waals surface area contributed by atoms with Gasteiger partial charge in [-0.2, -0.15) is 0 Å². The standard InChI is InChI=1S/C18H19ClN2O5S/c1-11-4-7-14(19)10-16(11)21(27(3,25)26)12(2)17(22)20-15-8-5-13(6-9-15)18(23)24/h4-10,12H,1-3H3,(H,20,22)(H,23,24)/t12-/m1/s1. The minimum absolute atomic E-state index is 0.0772. The van der Waals surface area contributed by atoms with E-state index >= 15 is 0 Å². The lowest BCUT2D eigenvalue weighted by Crippen LogP contribution is -2.45. The molecule has 0 unspecified atom stereocenters. The largest absolute Gasteiger partial charge is 0.478 e. The molecule has 0 aliphatic carbocycles. The van der Waals surface area contributed by atoms with Crippen LogP contribution in [0.15, 0.2) is 42.5 Å². The number of carboxylic acid groups (broad SMARTS) is 1. The maximum Gasteiger partial charge on any atom is 0.335 e. The Morgan fingerprint density at radius 2 is 1.74 bits per heavy atom. The lowest BCUT2D eigenvalue weighted by molar-refractivity contribution is -0.116. The molecule has 0 aliphatic rings. The van der Waals surface area contributed by atoms with Crippen molar-refractivity contribution < 1.29 is 23.1 Å². The number of carbonyl (C=O) groups is 2. The molecule has 0 aliphatic heterocycles. The molecule has 0 saturated heterocycles. The summed E-state index contributed by atoms with van der Waals surface area (Å²) in [5, 5.41) is 11.9. The Kier molecular flexibility index (Phi) is 6.12. The summed E-state index contributed by atoms with van der Waals surface area (Å²) >= 11 is 6.00. The number of anilines is 2. The second-order valence-corrected chi connectivity index (χ2v) is 8.33. The Hall–Kier alpha value is -2.58. The number of sulfonamides is 1. The van der Waals surface area contributed by atoms with Crippen LogP contribution in [0.1, 0.15) is 22.8 Å². The highest BCUT2D eigenvalue weighted by Gasteiger charge is 2.30. The van der Waals surface area contributed by atoms with Crippen molar-refractivity contribution in [3.05, 3.63) is 58.6 Å². The zero-order chi connectivity index (χ0) is 20.4. The van der Waals surface area contributed by atoms with Gasteiger partial charge in [0.15, 0.2) is 0 Å². The first-order valence-electron chi connectivity index (χ1n) is 7.90. The highest BCUT2D eigenvalue weighted by molar-refractivity contribution is 7.92. The lowest BCUT2D eigenvalue weighted by Gasteiger charge is -2.29. The molecule has 144 valence electrons. The van der Waals surface area contributed by atoms with Gasteiger partial charge in [0.1, 0.15) is 6.04 Å². The molecule has 0 heterocycles. The van der Waals surface area contributed by atoms with Crippen LogP contribution in [0, 0.1) is 6.92 Å². The second-order valence-electron chi connectivity index (χ2n) is 6.04. The fourth-order valence-corrected chi connectivity index (χ4v) is 3.93. The molecule has 0 radical (unpaired) electrons. The van der Waals surface area contributed by atoms with Crippen molar-refractivity contribution in [3.63, 3.8) is 0 Å². The van der Waals surface area contributed by atoms with Crippen molar-refractivity contribution in [1.82, 2.24) is 0 Å². The van der Waals surface area contributed by atoms with Crippen LogP contribution in [0.2, 0.25) is 5.02 Å². The van der Waals surface area contributed by atoms with Gasteiger partial charge in [0.2, 0.25) is 15.9 Å². The number of aryl methyl sites for hydroxylation is 1. The Balaban J connectivity index is 2.32. The third kappa shape index (κ3) is 4.99. The maximum atomic E-state index is 12.6. The molecule has 0 fully saturated rings. The highest BCUT2D eigenvalue weighted by atomic mass is 35.5. The number of halogens is 1. The number of carbonyl (C=O) groups excluding carboxylic acids is 1. The van der Waals surface area contributed by atoms with E-state index in [2.05, 4.69) is 5.32 Å². The molecule has 0 saturated carbocycles. The van der Waals surface area contributed by atoms with Crippen LogP contribution in [0.25, 0.3) is 0 Å². The van der Waals surface area contributed by atoms with Gasteiger partial charge in [-0.3, -0.25) is 9.10 Å². The quantitative estimate of drug-likeness (QED) is 0.761. The van der Waals surface area contributed by atoms with E-state index in [0.717, 1.165) is 10.6 Å². The monoisotopic (exact) mass is 410 g/mol. The molecular formula is C18H19ClN2O5S. The van der Waals surface area contributed by atoms with Gasteiger partial charge in [0, 0.05) is 10.7 Å². The molecule has 1 atom stereocenters. The third-order valence-electron chi connectivity index (χ3n) is 3.90. The van der Waals surface area contributed by atoms with Crippen molar-refractivity contribution in [2.45, 2.75) is 19.9 Å². The van der Waals surface area contributed by atoms with E-state index in [4.69, 9.17) is 16.7 Å². The van der Waals surface area contributed by atoms with E-state index in [9.17, 15) is 18.0 Å². The van der Waals surface area contributed by atoms with E-state index in [0.29, 0.717) is 22.0 Å². The van der Waals surface area contributed by atoms with E-state index in [-0.39, 0.29) is 5.56 Å². The molecule has 2 aromatic rings. The smallest absolute Gasteiger partial charge is 0.335 e. The van der Waals surface area contributed by atoms with Gasteiger partial charge in [0.25, 0.3) is 0 Å². The fraction of sp³-hybridized carbons (Fsp3) is 0.222. The molecule has 0 aromatic heterocycles. The van der Waals surface area contributed by atoms with E-state index in [1.54, 1.807) is 19.1 Å². The number of carboxylic acids is 1. The summed E-state index contributed by atoms with van der Waals surface area (Å²) in [6.45, 7) is 3.18. The summed E-state index contributed by atoms with van der Waals surface area (Å²) < 4.78 is 25.7. The highest BCUT2D eigenvalue weighted by Crippen LogP contribution is 2.28. The molecule has 2 N–H and O–H groups in total. The van der Waals surface area contributed by atoms with Crippen LogP contribution < -0.4 is 9.62 Å². The van der Waals surface area contributed by atoms with Crippen LogP contribution in [0.3, 0.4) is 0 Å². The van der Waals surface area contributed by atoms with Crippen molar-refractivity contribution in [2.75, 3.05) is 15.9 Å². The third-order valence-corrected chi connectivity index (χ3v) is 5.36. The van der Waals surface area contributed by atoms with Crippen molar-refractivity contribution in [2.24, 2.45) is 0 Å². The molecule has 7 nitrogen and oxygen atoms in total. The molecule has 2 rings (SSSR count). The second kappa shape index (κ2) is 7.98. The van der Waals surface area contributed by atoms with Gasteiger partial charge in [-0.05, 0) is 55.8 Å². The zero-order valence-electron chi connectivity index (χ0n) is 14.9. The Labute approximate surface area is 162 Å². The molecule has 0 spiro atoms. The first-order chi connectivity index (χ1) is 12.5. The first-order valence-corrected chi connectivity index (χ1v) is 10.1. The number of amides is 1. The minimum atomic E-state index is -3.78. The first kappa shape index (κ1) is 20.7. The van der Waals surface area contributed by atoms with Gasteiger partial charge in [-0.15, -0.1) is 0 Å². The summed E-state index contributed by atoms with van der Waals surface area (Å²) in [6.07, 6.45) is 1.01. The van der Waals surface area contributed by atoms with Gasteiger partial charge >= 0.3 is 5.97 Å². The van der Waals surface area contributed by atoms with Crippen molar-refractivity contribution in [1.29, 1.82) is 0 Å². The Morgan fingerprint density at radius 3 is 2.26 bits per heavy atom. The van der Waals surface area contributed by atoms with E-state index < -0.39 is 27.9 Å². The molecule has 1 amide bonds. The zero-order valence-corrected chi connectivity index (χ0v) is 16.5. The topological polar surface area (TPSA) is 104 Å². The summed E-state index contributed by atoms with van der Waals surface area (Å²) in [5.41, 5.74) is 1.39. The van der Waals surface area contributed by atoms with Crippen LogP contribution in [0.4, 0.5) is 11.4 Å². The van der Waals surface area contributed by atoms with Crippen LogP contribution in [-0.4, -0.2) is 37.7 Å². The predicted octanol–water partition coefficient (Wildman–Crippen LogP) is 3.14.